The number of hydrogen-bond donors (Lipinski definition) is 4. The molecule has 0 spiro atoms. The van der Waals surface area contributed by atoms with Crippen LogP contribution in [-0.2, 0) is 10.5 Å². The predicted molar refractivity (Wildman–Crippen MR) is 114 cm³/mol. The number of nitrogens with two attached hydrogens (primary N) is 1. The number of carbonyl (C=O) groups is 1. The molecule has 31 heavy (non-hydrogen) atoms. The topological polar surface area (TPSA) is 142 Å². The molecule has 0 bridgehead atoms. The van der Waals surface area contributed by atoms with Gasteiger partial charge in [-0.3, -0.25) is 10.1 Å². The van der Waals surface area contributed by atoms with Crippen LogP contribution < -0.4 is 21.3 Å². The van der Waals surface area contributed by atoms with Crippen LogP contribution in [0.4, 0.5) is 11.6 Å². The third-order valence-electron chi connectivity index (χ3n) is 5.92. The van der Waals surface area contributed by atoms with Gasteiger partial charge in [0.2, 0.25) is 5.91 Å². The summed E-state index contributed by atoms with van der Waals surface area (Å²) in [4.78, 5) is 30.8. The standard InChI is InChI=1S/C21H22N8O2/c1-12-16-17(28-19(12)30)26-11-27-18(16)29-9-8-24-20(22)21(29,31)14-4-2-13(3-5-14)15-6-7-23-10-25-15/h2-7,10-12,20,24,31H,8-9,22H2,1H3,(H,26,27,28,30)/t12?,20?,21-/m1/s1. The van der Waals surface area contributed by atoms with Crippen molar-refractivity contribution in [3.05, 3.63) is 60.3 Å². The van der Waals surface area contributed by atoms with E-state index in [9.17, 15) is 9.90 Å². The van der Waals surface area contributed by atoms with E-state index in [1.165, 1.54) is 12.7 Å². The number of hydrogen-bond acceptors (Lipinski definition) is 9. The van der Waals surface area contributed by atoms with Gasteiger partial charge in [0.25, 0.3) is 0 Å². The SMILES string of the molecule is CC1C(=O)Nc2ncnc(N3CCNC(N)[C@]3(O)c3ccc(-c4ccncn4)cc3)c21. The van der Waals surface area contributed by atoms with Crippen LogP contribution in [0.15, 0.2) is 49.2 Å². The summed E-state index contributed by atoms with van der Waals surface area (Å²) in [6, 6.07) is 9.23. The largest absolute Gasteiger partial charge is 0.364 e. The van der Waals surface area contributed by atoms with Crippen LogP contribution in [0.1, 0.15) is 24.0 Å². The Balaban J connectivity index is 1.58. The fourth-order valence-corrected chi connectivity index (χ4v) is 4.22. The molecule has 1 amide bonds. The Bertz CT molecular complexity index is 1120. The minimum Gasteiger partial charge on any atom is -0.364 e. The summed E-state index contributed by atoms with van der Waals surface area (Å²) in [6.45, 7) is 2.80. The van der Waals surface area contributed by atoms with Gasteiger partial charge in [-0.15, -0.1) is 0 Å². The zero-order chi connectivity index (χ0) is 21.6. The highest BCUT2D eigenvalue weighted by Gasteiger charge is 2.47. The second-order valence-electron chi connectivity index (χ2n) is 7.65. The van der Waals surface area contributed by atoms with Gasteiger partial charge in [0.05, 0.1) is 11.6 Å². The maximum atomic E-state index is 12.2. The summed E-state index contributed by atoms with van der Waals surface area (Å²) in [7, 11) is 0. The van der Waals surface area contributed by atoms with Crippen LogP contribution >= 0.6 is 0 Å². The Morgan fingerprint density at radius 2 is 1.97 bits per heavy atom. The molecular weight excluding hydrogens is 396 g/mol. The van der Waals surface area contributed by atoms with E-state index >= 15 is 0 Å². The lowest BCUT2D eigenvalue weighted by Crippen LogP contribution is -2.69. The minimum absolute atomic E-state index is 0.145. The van der Waals surface area contributed by atoms with E-state index in [0.29, 0.717) is 35.9 Å². The molecule has 0 aliphatic carbocycles. The molecule has 0 radical (unpaired) electrons. The van der Waals surface area contributed by atoms with Gasteiger partial charge < -0.3 is 21.1 Å². The number of anilines is 2. The van der Waals surface area contributed by atoms with Gasteiger partial charge in [0.15, 0.2) is 5.72 Å². The van der Waals surface area contributed by atoms with E-state index in [2.05, 4.69) is 30.6 Å². The lowest BCUT2D eigenvalue weighted by atomic mass is 9.93. The van der Waals surface area contributed by atoms with E-state index in [1.54, 1.807) is 18.0 Å². The number of carbonyl (C=O) groups excluding carboxylic acids is 1. The van der Waals surface area contributed by atoms with Crippen molar-refractivity contribution in [2.75, 3.05) is 23.3 Å². The van der Waals surface area contributed by atoms with Gasteiger partial charge in [-0.2, -0.15) is 0 Å². The van der Waals surface area contributed by atoms with Gasteiger partial charge in [0, 0.05) is 36.0 Å². The Morgan fingerprint density at radius 1 is 1.16 bits per heavy atom. The van der Waals surface area contributed by atoms with Crippen LogP contribution in [0.25, 0.3) is 11.3 Å². The molecule has 4 heterocycles. The lowest BCUT2D eigenvalue weighted by molar-refractivity contribution is -0.116. The molecule has 2 aliphatic heterocycles. The van der Waals surface area contributed by atoms with Crippen LogP contribution in [0.3, 0.4) is 0 Å². The quantitative estimate of drug-likeness (QED) is 0.479. The molecule has 1 aromatic carbocycles. The first-order chi connectivity index (χ1) is 15.0. The van der Waals surface area contributed by atoms with Gasteiger partial charge >= 0.3 is 0 Å². The van der Waals surface area contributed by atoms with E-state index in [0.717, 1.165) is 11.3 Å². The zero-order valence-corrected chi connectivity index (χ0v) is 16.9. The number of amides is 1. The Hall–Kier alpha value is -3.47. The number of fused-ring (bicyclic) bond motifs is 1. The van der Waals surface area contributed by atoms with Crippen molar-refractivity contribution < 1.29 is 9.90 Å². The number of aliphatic hydroxyl groups is 1. The first-order valence-electron chi connectivity index (χ1n) is 10.0. The molecule has 1 saturated heterocycles. The van der Waals surface area contributed by atoms with Crippen LogP contribution in [0.2, 0.25) is 0 Å². The molecule has 5 rings (SSSR count). The molecule has 1 fully saturated rings. The first-order valence-corrected chi connectivity index (χ1v) is 10.0. The van der Waals surface area contributed by atoms with Crippen LogP contribution in [0, 0.1) is 0 Å². The average molecular weight is 418 g/mol. The molecule has 0 saturated carbocycles. The lowest BCUT2D eigenvalue weighted by Gasteiger charge is -2.48. The van der Waals surface area contributed by atoms with E-state index in [-0.39, 0.29) is 5.91 Å². The molecule has 5 N–H and O–H groups in total. The second kappa shape index (κ2) is 7.34. The molecule has 3 atom stereocenters. The van der Waals surface area contributed by atoms with Crippen molar-refractivity contribution in [1.82, 2.24) is 25.3 Å². The number of piperazine rings is 1. The van der Waals surface area contributed by atoms with Crippen molar-refractivity contribution >= 4 is 17.5 Å². The summed E-state index contributed by atoms with van der Waals surface area (Å²) in [5.74, 6) is 0.391. The molecule has 2 unspecified atom stereocenters. The van der Waals surface area contributed by atoms with E-state index < -0.39 is 17.8 Å². The molecule has 3 aromatic rings. The Kier molecular flexibility index (Phi) is 4.62. The molecule has 2 aromatic heterocycles. The van der Waals surface area contributed by atoms with Crippen molar-refractivity contribution in [3.8, 4) is 11.3 Å². The summed E-state index contributed by atoms with van der Waals surface area (Å²) >= 11 is 0. The maximum Gasteiger partial charge on any atom is 0.233 e. The Morgan fingerprint density at radius 3 is 2.71 bits per heavy atom. The fourth-order valence-electron chi connectivity index (χ4n) is 4.22. The van der Waals surface area contributed by atoms with Gasteiger partial charge in [-0.1, -0.05) is 24.3 Å². The highest BCUT2D eigenvalue weighted by atomic mass is 16.3. The summed E-state index contributed by atoms with van der Waals surface area (Å²) in [5, 5.41) is 17.8. The first kappa shape index (κ1) is 19.5. The normalized spacial score (nSPS) is 25.3. The monoisotopic (exact) mass is 418 g/mol. The summed E-state index contributed by atoms with van der Waals surface area (Å²) in [5.41, 5.74) is 7.73. The molecule has 158 valence electrons. The van der Waals surface area contributed by atoms with Gasteiger partial charge in [0.1, 0.15) is 30.5 Å². The molecule has 10 nitrogen and oxygen atoms in total. The highest BCUT2D eigenvalue weighted by molar-refractivity contribution is 6.03. The smallest absolute Gasteiger partial charge is 0.233 e. The zero-order valence-electron chi connectivity index (χ0n) is 16.9. The Labute approximate surface area is 178 Å². The van der Waals surface area contributed by atoms with Crippen molar-refractivity contribution in [1.29, 1.82) is 0 Å². The van der Waals surface area contributed by atoms with Crippen LogP contribution in [0.5, 0.6) is 0 Å². The van der Waals surface area contributed by atoms with E-state index in [4.69, 9.17) is 5.73 Å². The summed E-state index contributed by atoms with van der Waals surface area (Å²) < 4.78 is 0. The van der Waals surface area contributed by atoms with Gasteiger partial charge in [-0.05, 0) is 13.0 Å². The average Bonchev–Trinajstić information content (AvgIpc) is 3.10. The third-order valence-corrected chi connectivity index (χ3v) is 5.92. The highest BCUT2D eigenvalue weighted by Crippen LogP contribution is 2.42. The predicted octanol–water partition coefficient (Wildman–Crippen LogP) is 0.529. The number of nitrogens with zero attached hydrogens (tertiary/aromatic N) is 5. The van der Waals surface area contributed by atoms with Crippen molar-refractivity contribution in [2.45, 2.75) is 24.7 Å². The molecule has 2 aliphatic rings. The minimum atomic E-state index is -1.59. The fraction of sp³-hybridized carbons (Fsp3) is 0.286. The summed E-state index contributed by atoms with van der Waals surface area (Å²) in [6.07, 6.45) is 3.78. The maximum absolute atomic E-state index is 12.2. The number of rotatable bonds is 3. The molecule has 10 heteroatoms. The van der Waals surface area contributed by atoms with Crippen molar-refractivity contribution in [3.63, 3.8) is 0 Å². The van der Waals surface area contributed by atoms with Crippen LogP contribution in [-0.4, -0.2) is 50.2 Å². The van der Waals surface area contributed by atoms with Gasteiger partial charge in [-0.25, -0.2) is 19.9 Å². The third kappa shape index (κ3) is 3.03. The molecular formula is C21H22N8O2. The number of nitrogens with one attached hydrogen (secondary N) is 2. The van der Waals surface area contributed by atoms with Crippen molar-refractivity contribution in [2.24, 2.45) is 5.73 Å². The number of aromatic nitrogens is 4. The second-order valence-corrected chi connectivity index (χ2v) is 7.65. The number of benzene rings is 1. The van der Waals surface area contributed by atoms with E-state index in [1.807, 2.05) is 30.3 Å².